The van der Waals surface area contributed by atoms with Crippen LogP contribution in [0.4, 0.5) is 0 Å². The summed E-state index contributed by atoms with van der Waals surface area (Å²) in [5.74, 6) is 0.486. The van der Waals surface area contributed by atoms with E-state index in [1.54, 1.807) is 11.4 Å². The maximum atomic E-state index is 12.5. The molecule has 1 heterocycles. The van der Waals surface area contributed by atoms with Gasteiger partial charge in [-0.05, 0) is 51.4 Å². The van der Waals surface area contributed by atoms with Crippen molar-refractivity contribution in [2.45, 2.75) is 51.5 Å². The average molecular weight is 316 g/mol. The zero-order valence-electron chi connectivity index (χ0n) is 13.2. The fraction of sp³-hybridized carbons (Fsp3) is 0.867. The second-order valence-electron chi connectivity index (χ2n) is 6.17. The third-order valence-electron chi connectivity index (χ3n) is 4.52. The van der Waals surface area contributed by atoms with Crippen LogP contribution in [0.3, 0.4) is 0 Å². The second-order valence-corrected chi connectivity index (χ2v) is 7.87. The lowest BCUT2D eigenvalue weighted by Crippen LogP contribution is -2.48. The number of methoxy groups -OCH3 is 1. The van der Waals surface area contributed by atoms with Gasteiger partial charge in [0.2, 0.25) is 0 Å². The van der Waals surface area contributed by atoms with E-state index in [9.17, 15) is 8.42 Å². The molecule has 0 amide bonds. The summed E-state index contributed by atoms with van der Waals surface area (Å²) in [4.78, 5) is 0. The van der Waals surface area contributed by atoms with Crippen LogP contribution in [0.15, 0.2) is 11.6 Å². The number of rotatable bonds is 6. The highest BCUT2D eigenvalue weighted by atomic mass is 32.2. The first-order valence-electron chi connectivity index (χ1n) is 7.98. The van der Waals surface area contributed by atoms with Crippen LogP contribution in [0.25, 0.3) is 0 Å². The molecule has 5 nitrogen and oxygen atoms in total. The van der Waals surface area contributed by atoms with Crippen molar-refractivity contribution in [3.8, 4) is 0 Å². The molecule has 0 aromatic rings. The normalized spacial score (nSPS) is 23.8. The average Bonchev–Trinajstić information content (AvgIpc) is 2.48. The predicted octanol–water partition coefficient (Wildman–Crippen LogP) is 2.07. The summed E-state index contributed by atoms with van der Waals surface area (Å²) in [5.41, 5.74) is 1.24. The van der Waals surface area contributed by atoms with E-state index >= 15 is 0 Å². The van der Waals surface area contributed by atoms with Gasteiger partial charge in [0, 0.05) is 32.8 Å². The zero-order chi connectivity index (χ0) is 15.3. The number of ether oxygens (including phenoxy) is 1. The van der Waals surface area contributed by atoms with Crippen LogP contribution in [0.2, 0.25) is 0 Å². The van der Waals surface area contributed by atoms with Crippen molar-refractivity contribution < 1.29 is 13.2 Å². The zero-order valence-corrected chi connectivity index (χ0v) is 14.0. The van der Waals surface area contributed by atoms with Gasteiger partial charge >= 0.3 is 0 Å². The summed E-state index contributed by atoms with van der Waals surface area (Å²) >= 11 is 0. The Morgan fingerprint density at radius 2 is 2.10 bits per heavy atom. The van der Waals surface area contributed by atoms with Crippen LogP contribution >= 0.6 is 0 Å². The highest BCUT2D eigenvalue weighted by Gasteiger charge is 2.29. The molecule has 122 valence electrons. The summed E-state index contributed by atoms with van der Waals surface area (Å²) in [6.45, 7) is 3.86. The highest BCUT2D eigenvalue weighted by molar-refractivity contribution is 7.87. The van der Waals surface area contributed by atoms with Crippen molar-refractivity contribution in [3.63, 3.8) is 0 Å². The van der Waals surface area contributed by atoms with Crippen LogP contribution in [0.1, 0.15) is 45.4 Å². The molecule has 1 aliphatic carbocycles. The first-order valence-corrected chi connectivity index (χ1v) is 9.42. The lowest BCUT2D eigenvalue weighted by Gasteiger charge is -2.32. The van der Waals surface area contributed by atoms with Crippen LogP contribution in [-0.4, -0.2) is 45.6 Å². The monoisotopic (exact) mass is 316 g/mol. The number of piperidine rings is 1. The molecular formula is C15H28N2O3S. The van der Waals surface area contributed by atoms with Gasteiger partial charge in [0.15, 0.2) is 0 Å². The molecule has 0 aromatic heterocycles. The summed E-state index contributed by atoms with van der Waals surface area (Å²) in [7, 11) is -1.67. The van der Waals surface area contributed by atoms with Crippen LogP contribution < -0.4 is 4.72 Å². The van der Waals surface area contributed by atoms with Crippen molar-refractivity contribution in [3.05, 3.63) is 11.6 Å². The Kier molecular flexibility index (Phi) is 6.22. The molecule has 0 aromatic carbocycles. The molecular weight excluding hydrogens is 288 g/mol. The molecule has 1 atom stereocenters. The molecule has 0 radical (unpaired) electrons. The second kappa shape index (κ2) is 7.72. The smallest absolute Gasteiger partial charge is 0.279 e. The Morgan fingerprint density at radius 3 is 2.67 bits per heavy atom. The van der Waals surface area contributed by atoms with E-state index < -0.39 is 10.2 Å². The fourth-order valence-corrected chi connectivity index (χ4v) is 4.62. The number of hydrogen-bond acceptors (Lipinski definition) is 3. The van der Waals surface area contributed by atoms with E-state index in [2.05, 4.69) is 10.8 Å². The quantitative estimate of drug-likeness (QED) is 0.763. The molecule has 2 aliphatic rings. The van der Waals surface area contributed by atoms with Crippen LogP contribution in [0.5, 0.6) is 0 Å². The lowest BCUT2D eigenvalue weighted by molar-refractivity contribution is 0.121. The van der Waals surface area contributed by atoms with Crippen molar-refractivity contribution in [1.82, 2.24) is 9.03 Å². The van der Waals surface area contributed by atoms with Gasteiger partial charge in [0.05, 0.1) is 0 Å². The van der Waals surface area contributed by atoms with E-state index in [-0.39, 0.29) is 6.04 Å². The first kappa shape index (κ1) is 16.9. The SMILES string of the molecule is COCC1CCN(S(=O)(=O)NC(C)C2=CCCCC2)CC1. The summed E-state index contributed by atoms with van der Waals surface area (Å²) in [6, 6.07) is -0.0907. The fourth-order valence-electron chi connectivity index (χ4n) is 3.18. The molecule has 1 N–H and O–H groups in total. The Hall–Kier alpha value is -0.430. The summed E-state index contributed by atoms with van der Waals surface area (Å²) in [5, 5.41) is 0. The summed E-state index contributed by atoms with van der Waals surface area (Å²) in [6.07, 6.45) is 8.43. The van der Waals surface area contributed by atoms with Gasteiger partial charge in [-0.3, -0.25) is 0 Å². The molecule has 0 saturated carbocycles. The minimum absolute atomic E-state index is 0.0907. The minimum Gasteiger partial charge on any atom is -0.384 e. The third-order valence-corrected chi connectivity index (χ3v) is 6.22. The minimum atomic E-state index is -3.37. The van der Waals surface area contributed by atoms with E-state index in [1.807, 2.05) is 6.92 Å². The van der Waals surface area contributed by atoms with Crippen molar-refractivity contribution in [1.29, 1.82) is 0 Å². The molecule has 0 bridgehead atoms. The van der Waals surface area contributed by atoms with E-state index in [4.69, 9.17) is 4.74 Å². The Balaban J connectivity index is 1.88. The Morgan fingerprint density at radius 1 is 1.38 bits per heavy atom. The number of nitrogens with zero attached hydrogens (tertiary/aromatic N) is 1. The maximum Gasteiger partial charge on any atom is 0.279 e. The van der Waals surface area contributed by atoms with Gasteiger partial charge in [-0.1, -0.05) is 11.6 Å². The van der Waals surface area contributed by atoms with Crippen LogP contribution in [-0.2, 0) is 14.9 Å². The van der Waals surface area contributed by atoms with Gasteiger partial charge in [0.1, 0.15) is 0 Å². The number of hydrogen-bond donors (Lipinski definition) is 1. The number of nitrogens with one attached hydrogen (secondary N) is 1. The molecule has 1 fully saturated rings. The van der Waals surface area contributed by atoms with E-state index in [1.165, 1.54) is 18.4 Å². The van der Waals surface area contributed by atoms with Gasteiger partial charge in [-0.15, -0.1) is 0 Å². The third kappa shape index (κ3) is 4.77. The Bertz CT molecular complexity index is 454. The topological polar surface area (TPSA) is 58.6 Å². The standard InChI is InChI=1S/C15H28N2O3S/c1-13(15-6-4-3-5-7-15)16-21(18,19)17-10-8-14(9-11-17)12-20-2/h6,13-14,16H,3-5,7-12H2,1-2H3. The molecule has 1 saturated heterocycles. The van der Waals surface area contributed by atoms with Gasteiger partial charge in [-0.2, -0.15) is 17.4 Å². The van der Waals surface area contributed by atoms with Gasteiger partial charge in [-0.25, -0.2) is 0 Å². The van der Waals surface area contributed by atoms with Crippen LogP contribution in [0, 0.1) is 5.92 Å². The van der Waals surface area contributed by atoms with Crippen molar-refractivity contribution >= 4 is 10.2 Å². The molecule has 6 heteroatoms. The van der Waals surface area contributed by atoms with Gasteiger partial charge < -0.3 is 4.74 Å². The highest BCUT2D eigenvalue weighted by Crippen LogP contribution is 2.22. The first-order chi connectivity index (χ1) is 10.0. The molecule has 1 unspecified atom stereocenters. The Labute approximate surface area is 128 Å². The molecule has 2 rings (SSSR count). The maximum absolute atomic E-state index is 12.5. The van der Waals surface area contributed by atoms with Gasteiger partial charge in [0.25, 0.3) is 10.2 Å². The lowest BCUT2D eigenvalue weighted by atomic mass is 9.95. The summed E-state index contributed by atoms with van der Waals surface area (Å²) < 4.78 is 34.5. The van der Waals surface area contributed by atoms with Crippen molar-refractivity contribution in [2.24, 2.45) is 5.92 Å². The van der Waals surface area contributed by atoms with E-state index in [0.29, 0.717) is 19.0 Å². The largest absolute Gasteiger partial charge is 0.384 e. The molecule has 0 spiro atoms. The molecule has 21 heavy (non-hydrogen) atoms. The number of allylic oxidation sites excluding steroid dienone is 1. The predicted molar refractivity (Wildman–Crippen MR) is 84.2 cm³/mol. The molecule has 1 aliphatic heterocycles. The van der Waals surface area contributed by atoms with Crippen molar-refractivity contribution in [2.75, 3.05) is 26.8 Å². The van der Waals surface area contributed by atoms with E-state index in [0.717, 1.165) is 32.3 Å².